The summed E-state index contributed by atoms with van der Waals surface area (Å²) in [6, 6.07) is 9.66. The number of hydrogen-bond acceptors (Lipinski definition) is 0. The number of hydrogen-bond donors (Lipinski definition) is 0. The van der Waals surface area contributed by atoms with E-state index in [2.05, 4.69) is 66.3 Å². The summed E-state index contributed by atoms with van der Waals surface area (Å²) in [4.78, 5) is 0. The standard InChI is InChI=1S/C48H94N2.2BrH/c1-7-9-11-13-15-17-19-21-23-25-27-29-31-33-35-37-43-49(3,4)45-47-39-41-48(42-40-47)46-50(5,6)44-38-36-34-32-30-28-26-24-22-20-18-16-14-12-10-8-2;;/h39-42H,7-38,43-46H2,1-6H3;2*1H/q+2;;/p-2. The van der Waals surface area contributed by atoms with Crippen molar-refractivity contribution in [3.8, 4) is 0 Å². The Balaban J connectivity index is 0. The highest BCUT2D eigenvalue weighted by Gasteiger charge is 2.18. The molecule has 1 aromatic carbocycles. The molecule has 52 heavy (non-hydrogen) atoms. The van der Waals surface area contributed by atoms with E-state index in [1.165, 1.54) is 230 Å². The Morgan fingerprint density at radius 3 is 0.654 bits per heavy atom. The molecule has 2 nitrogen and oxygen atoms in total. The molecule has 0 unspecified atom stereocenters. The molecule has 0 amide bonds. The van der Waals surface area contributed by atoms with E-state index in [4.69, 9.17) is 0 Å². The predicted molar refractivity (Wildman–Crippen MR) is 227 cm³/mol. The van der Waals surface area contributed by atoms with Crippen LogP contribution in [0.4, 0.5) is 0 Å². The molecule has 1 rings (SSSR count). The highest BCUT2D eigenvalue weighted by Crippen LogP contribution is 2.19. The molecule has 1 aromatic rings. The van der Waals surface area contributed by atoms with E-state index in [0.717, 1.165) is 22.1 Å². The average molecular weight is 859 g/mol. The number of nitrogens with zero attached hydrogens (tertiary/aromatic N) is 2. The van der Waals surface area contributed by atoms with Gasteiger partial charge in [-0.25, -0.2) is 0 Å². The van der Waals surface area contributed by atoms with Crippen LogP contribution in [0.1, 0.15) is 230 Å². The minimum absolute atomic E-state index is 0. The molecule has 0 aliphatic heterocycles. The van der Waals surface area contributed by atoms with Crippen molar-refractivity contribution in [1.29, 1.82) is 0 Å². The summed E-state index contributed by atoms with van der Waals surface area (Å²) in [7, 11) is 9.71. The molecule has 0 aliphatic rings. The van der Waals surface area contributed by atoms with E-state index in [0.29, 0.717) is 0 Å². The summed E-state index contributed by atoms with van der Waals surface area (Å²) in [6.07, 6.45) is 46.2. The van der Waals surface area contributed by atoms with E-state index in [9.17, 15) is 0 Å². The predicted octanol–water partition coefficient (Wildman–Crippen LogP) is 9.37. The van der Waals surface area contributed by atoms with Crippen molar-refractivity contribution in [2.24, 2.45) is 0 Å². The Hall–Kier alpha value is 0.1000. The van der Waals surface area contributed by atoms with Crippen LogP contribution in [0.25, 0.3) is 0 Å². The average Bonchev–Trinajstić information content (AvgIpc) is 3.08. The van der Waals surface area contributed by atoms with Gasteiger partial charge in [-0.2, -0.15) is 0 Å². The zero-order valence-electron chi connectivity index (χ0n) is 36.4. The Labute approximate surface area is 350 Å². The van der Waals surface area contributed by atoms with Crippen molar-refractivity contribution in [2.75, 3.05) is 41.3 Å². The number of rotatable bonds is 38. The molecule has 0 saturated heterocycles. The van der Waals surface area contributed by atoms with Gasteiger partial charge in [0.15, 0.2) is 0 Å². The molecule has 4 heteroatoms. The van der Waals surface area contributed by atoms with Crippen molar-refractivity contribution < 1.29 is 42.9 Å². The summed E-state index contributed by atoms with van der Waals surface area (Å²) < 4.78 is 2.22. The fourth-order valence-corrected chi connectivity index (χ4v) is 8.07. The summed E-state index contributed by atoms with van der Waals surface area (Å²) in [5, 5.41) is 0. The zero-order valence-corrected chi connectivity index (χ0v) is 39.6. The number of quaternary nitrogens is 2. The lowest BCUT2D eigenvalue weighted by atomic mass is 10.0. The molecule has 0 bridgehead atoms. The molecule has 0 atom stereocenters. The molecule has 0 N–H and O–H groups in total. The molecular weight excluding hydrogens is 764 g/mol. The molecule has 0 aliphatic carbocycles. The Kier molecular flexibility index (Phi) is 39.6. The molecule has 0 saturated carbocycles. The van der Waals surface area contributed by atoms with Gasteiger partial charge >= 0.3 is 0 Å². The van der Waals surface area contributed by atoms with Gasteiger partial charge in [-0.15, -0.1) is 0 Å². The first kappa shape index (κ1) is 54.2. The van der Waals surface area contributed by atoms with Crippen molar-refractivity contribution in [2.45, 2.75) is 232 Å². The topological polar surface area (TPSA) is 0 Å². The van der Waals surface area contributed by atoms with Gasteiger partial charge in [0.25, 0.3) is 0 Å². The summed E-state index contributed by atoms with van der Waals surface area (Å²) >= 11 is 0. The molecule has 310 valence electrons. The SMILES string of the molecule is CCCCCCCCCCCCCCCCCC[N+](C)(C)Cc1ccc(C[N+](C)(C)CCCCCCCCCCCCCCCCCC)cc1.[Br-].[Br-]. The maximum atomic E-state index is 2.43. The van der Waals surface area contributed by atoms with Crippen molar-refractivity contribution in [1.82, 2.24) is 0 Å². The van der Waals surface area contributed by atoms with Gasteiger partial charge in [0.2, 0.25) is 0 Å². The van der Waals surface area contributed by atoms with Gasteiger partial charge in [-0.05, 0) is 25.7 Å². The number of halogens is 2. The van der Waals surface area contributed by atoms with E-state index in [1.54, 1.807) is 0 Å². The minimum atomic E-state index is 0. The first-order valence-corrected chi connectivity index (χ1v) is 23.0. The Morgan fingerprint density at radius 1 is 0.288 bits per heavy atom. The molecule has 0 heterocycles. The smallest absolute Gasteiger partial charge is 0.104 e. The van der Waals surface area contributed by atoms with Gasteiger partial charge in [0.05, 0.1) is 41.3 Å². The third kappa shape index (κ3) is 35.8. The highest BCUT2D eigenvalue weighted by atomic mass is 79.9. The highest BCUT2D eigenvalue weighted by molar-refractivity contribution is 5.21. The van der Waals surface area contributed by atoms with Crippen LogP contribution >= 0.6 is 0 Å². The first-order valence-electron chi connectivity index (χ1n) is 23.0. The monoisotopic (exact) mass is 857 g/mol. The Bertz CT molecular complexity index is 768. The molecule has 0 fully saturated rings. The fraction of sp³-hybridized carbons (Fsp3) is 0.875. The third-order valence-corrected chi connectivity index (χ3v) is 11.5. The Morgan fingerprint density at radius 2 is 0.462 bits per heavy atom. The second-order valence-electron chi connectivity index (χ2n) is 18.1. The maximum absolute atomic E-state index is 2.43. The molecule has 0 radical (unpaired) electrons. The molecule has 0 spiro atoms. The lowest BCUT2D eigenvalue weighted by Crippen LogP contribution is -3.00. The van der Waals surface area contributed by atoms with Crippen LogP contribution in [0.5, 0.6) is 0 Å². The lowest BCUT2D eigenvalue weighted by molar-refractivity contribution is -0.904. The summed E-state index contributed by atoms with van der Waals surface area (Å²) in [5.74, 6) is 0. The van der Waals surface area contributed by atoms with Crippen molar-refractivity contribution in [3.63, 3.8) is 0 Å². The van der Waals surface area contributed by atoms with Gasteiger partial charge < -0.3 is 42.9 Å². The van der Waals surface area contributed by atoms with E-state index < -0.39 is 0 Å². The van der Waals surface area contributed by atoms with Crippen molar-refractivity contribution in [3.05, 3.63) is 35.4 Å². The largest absolute Gasteiger partial charge is 1.00 e. The van der Waals surface area contributed by atoms with Gasteiger partial charge in [-0.1, -0.05) is 218 Å². The van der Waals surface area contributed by atoms with Gasteiger partial charge in [-0.3, -0.25) is 0 Å². The number of benzene rings is 1. The van der Waals surface area contributed by atoms with E-state index in [1.807, 2.05) is 0 Å². The molecule has 0 aromatic heterocycles. The third-order valence-electron chi connectivity index (χ3n) is 11.5. The normalized spacial score (nSPS) is 11.8. The van der Waals surface area contributed by atoms with E-state index >= 15 is 0 Å². The zero-order chi connectivity index (χ0) is 36.4. The van der Waals surface area contributed by atoms with Crippen LogP contribution in [-0.4, -0.2) is 50.2 Å². The van der Waals surface area contributed by atoms with Gasteiger partial charge in [0.1, 0.15) is 13.1 Å². The van der Waals surface area contributed by atoms with E-state index in [-0.39, 0.29) is 34.0 Å². The van der Waals surface area contributed by atoms with Crippen LogP contribution in [0.2, 0.25) is 0 Å². The van der Waals surface area contributed by atoms with Crippen LogP contribution in [0.3, 0.4) is 0 Å². The summed E-state index contributed by atoms with van der Waals surface area (Å²) in [6.45, 7) is 9.51. The van der Waals surface area contributed by atoms with Crippen molar-refractivity contribution >= 4 is 0 Å². The second-order valence-corrected chi connectivity index (χ2v) is 18.1. The lowest BCUT2D eigenvalue weighted by Gasteiger charge is -2.31. The van der Waals surface area contributed by atoms with Gasteiger partial charge in [0, 0.05) is 11.1 Å². The minimum Gasteiger partial charge on any atom is -1.00 e. The van der Waals surface area contributed by atoms with Crippen LogP contribution in [0.15, 0.2) is 24.3 Å². The van der Waals surface area contributed by atoms with Crippen LogP contribution < -0.4 is 34.0 Å². The van der Waals surface area contributed by atoms with Crippen LogP contribution in [-0.2, 0) is 13.1 Å². The first-order chi connectivity index (χ1) is 24.3. The summed E-state index contributed by atoms with van der Waals surface area (Å²) in [5.41, 5.74) is 3.00. The molecular formula is C48H94Br2N2. The number of unbranched alkanes of at least 4 members (excludes halogenated alkanes) is 30. The van der Waals surface area contributed by atoms with Crippen LogP contribution in [0, 0.1) is 0 Å². The second kappa shape index (κ2) is 38.0. The maximum Gasteiger partial charge on any atom is 0.104 e. The fourth-order valence-electron chi connectivity index (χ4n) is 8.07. The quantitative estimate of drug-likeness (QED) is 0.0460.